The number of nitrogens with two attached hydrogens (primary N) is 1. The second-order valence-electron chi connectivity index (χ2n) is 7.03. The van der Waals surface area contributed by atoms with Gasteiger partial charge in [0.1, 0.15) is 24.1 Å². The maximum Gasteiger partial charge on any atom is 0.266 e. The molecular weight excluding hydrogens is 412 g/mol. The Morgan fingerprint density at radius 3 is 2.35 bits per heavy atom. The maximum atomic E-state index is 15.1. The summed E-state index contributed by atoms with van der Waals surface area (Å²) in [6.45, 7) is -0.917. The predicted octanol–water partition coefficient (Wildman–Crippen LogP) is 3.67. The molecule has 0 saturated heterocycles. The lowest BCUT2D eigenvalue weighted by Crippen LogP contribution is -2.41. The van der Waals surface area contributed by atoms with Crippen molar-refractivity contribution in [3.05, 3.63) is 89.0 Å². The summed E-state index contributed by atoms with van der Waals surface area (Å²) in [5, 5.41) is 0. The summed E-state index contributed by atoms with van der Waals surface area (Å²) in [6.07, 6.45) is 1.27. The summed E-state index contributed by atoms with van der Waals surface area (Å²) in [5.74, 6) is -3.35. The molecule has 0 radical (unpaired) electrons. The van der Waals surface area contributed by atoms with Crippen molar-refractivity contribution in [2.45, 2.75) is 12.2 Å². The minimum atomic E-state index is -2.00. The number of amides is 1. The van der Waals surface area contributed by atoms with Gasteiger partial charge < -0.3 is 5.73 Å². The summed E-state index contributed by atoms with van der Waals surface area (Å²) in [6, 6.07) is 9.38. The summed E-state index contributed by atoms with van der Waals surface area (Å²) in [5.41, 5.74) is 3.93. The van der Waals surface area contributed by atoms with Gasteiger partial charge in [-0.05, 0) is 41.5 Å². The van der Waals surface area contributed by atoms with Crippen LogP contribution in [0.1, 0.15) is 16.8 Å². The fraction of sp³-hybridized carbons (Fsp3) is 0.136. The molecule has 5 nitrogen and oxygen atoms in total. The zero-order valence-corrected chi connectivity index (χ0v) is 16.2. The van der Waals surface area contributed by atoms with Gasteiger partial charge in [-0.2, -0.15) is 0 Å². The molecule has 31 heavy (non-hydrogen) atoms. The molecule has 158 valence electrons. The van der Waals surface area contributed by atoms with Crippen molar-refractivity contribution < 1.29 is 22.4 Å². The first kappa shape index (κ1) is 20.5. The second-order valence-corrected chi connectivity index (χ2v) is 7.03. The van der Waals surface area contributed by atoms with Crippen LogP contribution in [0, 0.1) is 17.5 Å². The smallest absolute Gasteiger partial charge is 0.266 e. The average Bonchev–Trinajstić information content (AvgIpc) is 2.99. The van der Waals surface area contributed by atoms with E-state index in [2.05, 4.69) is 9.98 Å². The van der Waals surface area contributed by atoms with E-state index in [1.807, 2.05) is 0 Å². The number of aromatic nitrogens is 1. The Hall–Kier alpha value is -3.75. The summed E-state index contributed by atoms with van der Waals surface area (Å²) in [7, 11) is 1.36. The number of hydrogen-bond donors (Lipinski definition) is 1. The molecule has 0 saturated carbocycles. The number of alkyl halides is 1. The van der Waals surface area contributed by atoms with E-state index >= 15 is 4.39 Å². The van der Waals surface area contributed by atoms with Crippen molar-refractivity contribution in [2.75, 3.05) is 7.05 Å². The van der Waals surface area contributed by atoms with E-state index in [4.69, 9.17) is 5.73 Å². The summed E-state index contributed by atoms with van der Waals surface area (Å²) >= 11 is 0. The number of likely N-dealkylation sites (N-methyl/N-ethyl adjacent to an activating group) is 1. The van der Waals surface area contributed by atoms with Crippen LogP contribution in [-0.2, 0) is 17.0 Å². The van der Waals surface area contributed by atoms with E-state index < -0.39 is 35.6 Å². The van der Waals surface area contributed by atoms with Crippen LogP contribution in [0.2, 0.25) is 0 Å². The average molecular weight is 428 g/mol. The molecule has 0 bridgehead atoms. The molecular formula is C22H16F4N4O. The molecule has 1 aromatic heterocycles. The van der Waals surface area contributed by atoms with Crippen LogP contribution in [0.4, 0.5) is 17.6 Å². The van der Waals surface area contributed by atoms with Crippen molar-refractivity contribution in [1.29, 1.82) is 0 Å². The van der Waals surface area contributed by atoms with Crippen LogP contribution < -0.4 is 5.73 Å². The quantitative estimate of drug-likeness (QED) is 0.645. The van der Waals surface area contributed by atoms with Gasteiger partial charge in [0.05, 0.1) is 5.69 Å². The standard InChI is InChI=1S/C22H16F4N4O/c1-30-20(31)22(29-21(30)27,13-6-7-28-15(8-13)11-23)17-9-16(18(25)10-19(17)26)12-2-4-14(24)5-3-12/h2-10H,11H2,1H3,(H2,27,29). The van der Waals surface area contributed by atoms with Crippen LogP contribution in [0.25, 0.3) is 11.1 Å². The lowest BCUT2D eigenvalue weighted by atomic mass is 9.81. The van der Waals surface area contributed by atoms with Gasteiger partial charge in [0.15, 0.2) is 11.5 Å². The number of aliphatic imine (C=N–C) groups is 1. The zero-order valence-electron chi connectivity index (χ0n) is 16.2. The molecule has 2 heterocycles. The SMILES string of the molecule is CN1C(=O)C(c2ccnc(CF)c2)(c2cc(-c3ccc(F)cc3)c(F)cc2F)N=C1N. The number of carbonyl (C=O) groups excluding carboxylic acids is 1. The first-order valence-electron chi connectivity index (χ1n) is 9.18. The van der Waals surface area contributed by atoms with Crippen LogP contribution in [0.5, 0.6) is 0 Å². The molecule has 1 atom stereocenters. The number of halogens is 4. The van der Waals surface area contributed by atoms with Crippen molar-refractivity contribution in [2.24, 2.45) is 10.7 Å². The van der Waals surface area contributed by atoms with Gasteiger partial charge in [-0.25, -0.2) is 22.6 Å². The lowest BCUT2D eigenvalue weighted by Gasteiger charge is -2.27. The molecule has 2 aromatic carbocycles. The van der Waals surface area contributed by atoms with Crippen molar-refractivity contribution in [1.82, 2.24) is 9.88 Å². The van der Waals surface area contributed by atoms with Crippen LogP contribution >= 0.6 is 0 Å². The minimum absolute atomic E-state index is 0.00859. The maximum absolute atomic E-state index is 15.1. The van der Waals surface area contributed by atoms with E-state index in [1.54, 1.807) is 0 Å². The van der Waals surface area contributed by atoms with Crippen LogP contribution in [0.3, 0.4) is 0 Å². The van der Waals surface area contributed by atoms with Crippen molar-refractivity contribution >= 4 is 11.9 Å². The predicted molar refractivity (Wildman–Crippen MR) is 106 cm³/mol. The highest BCUT2D eigenvalue weighted by Crippen LogP contribution is 2.42. The normalized spacial score (nSPS) is 18.4. The van der Waals surface area contributed by atoms with Crippen molar-refractivity contribution in [3.63, 3.8) is 0 Å². The molecule has 1 unspecified atom stereocenters. The number of rotatable bonds is 4. The molecule has 2 N–H and O–H groups in total. The van der Waals surface area contributed by atoms with E-state index in [1.165, 1.54) is 37.5 Å². The Bertz CT molecular complexity index is 1210. The highest BCUT2D eigenvalue weighted by Gasteiger charge is 2.51. The Balaban J connectivity index is 2.02. The Kier molecular flexibility index (Phi) is 4.96. The molecule has 9 heteroatoms. The Morgan fingerprint density at radius 1 is 1.03 bits per heavy atom. The highest BCUT2D eigenvalue weighted by molar-refractivity contribution is 6.09. The summed E-state index contributed by atoms with van der Waals surface area (Å²) in [4.78, 5) is 22.4. The van der Waals surface area contributed by atoms with Gasteiger partial charge in [-0.1, -0.05) is 12.1 Å². The summed E-state index contributed by atoms with van der Waals surface area (Å²) < 4.78 is 56.3. The zero-order chi connectivity index (χ0) is 22.3. The Labute approximate surface area is 174 Å². The highest BCUT2D eigenvalue weighted by atomic mass is 19.1. The molecule has 3 aromatic rings. The first-order valence-corrected chi connectivity index (χ1v) is 9.18. The molecule has 1 aliphatic rings. The first-order chi connectivity index (χ1) is 14.8. The van der Waals surface area contributed by atoms with Gasteiger partial charge in [-0.3, -0.25) is 14.7 Å². The third kappa shape index (κ3) is 3.22. The molecule has 1 aliphatic heterocycles. The topological polar surface area (TPSA) is 71.6 Å². The number of guanidine groups is 1. The number of hydrogen-bond acceptors (Lipinski definition) is 4. The largest absolute Gasteiger partial charge is 0.369 e. The van der Waals surface area contributed by atoms with Gasteiger partial charge >= 0.3 is 0 Å². The van der Waals surface area contributed by atoms with Gasteiger partial charge in [0.2, 0.25) is 0 Å². The Morgan fingerprint density at radius 2 is 1.74 bits per heavy atom. The number of carbonyl (C=O) groups is 1. The van der Waals surface area contributed by atoms with Gasteiger partial charge in [-0.15, -0.1) is 0 Å². The number of benzene rings is 2. The molecule has 4 rings (SSSR count). The van der Waals surface area contributed by atoms with E-state index in [-0.39, 0.29) is 33.9 Å². The second kappa shape index (κ2) is 7.50. The van der Waals surface area contributed by atoms with E-state index in [0.717, 1.165) is 23.1 Å². The molecule has 0 aliphatic carbocycles. The van der Waals surface area contributed by atoms with Gasteiger partial charge in [0.25, 0.3) is 5.91 Å². The number of pyridine rings is 1. The van der Waals surface area contributed by atoms with Crippen molar-refractivity contribution in [3.8, 4) is 11.1 Å². The fourth-order valence-electron chi connectivity index (χ4n) is 3.61. The van der Waals surface area contributed by atoms with E-state index in [9.17, 15) is 18.0 Å². The van der Waals surface area contributed by atoms with E-state index in [0.29, 0.717) is 6.07 Å². The third-order valence-corrected chi connectivity index (χ3v) is 5.21. The lowest BCUT2D eigenvalue weighted by molar-refractivity contribution is -0.129. The minimum Gasteiger partial charge on any atom is -0.369 e. The fourth-order valence-corrected chi connectivity index (χ4v) is 3.61. The molecule has 1 amide bonds. The molecule has 0 fully saturated rings. The van der Waals surface area contributed by atoms with Crippen LogP contribution in [-0.4, -0.2) is 28.8 Å². The number of nitrogens with zero attached hydrogens (tertiary/aromatic N) is 3. The monoisotopic (exact) mass is 428 g/mol. The molecule has 0 spiro atoms. The van der Waals surface area contributed by atoms with Crippen LogP contribution in [0.15, 0.2) is 59.7 Å². The third-order valence-electron chi connectivity index (χ3n) is 5.21. The van der Waals surface area contributed by atoms with Gasteiger partial charge in [0, 0.05) is 30.4 Å².